The van der Waals surface area contributed by atoms with Crippen molar-refractivity contribution in [1.29, 1.82) is 5.26 Å². The molecule has 1 heterocycles. The lowest BCUT2D eigenvalue weighted by Crippen LogP contribution is -2.26. The van der Waals surface area contributed by atoms with E-state index in [1.54, 1.807) is 18.0 Å². The second-order valence-corrected chi connectivity index (χ2v) is 5.69. The summed E-state index contributed by atoms with van der Waals surface area (Å²) in [6.45, 7) is 0.284. The first-order chi connectivity index (χ1) is 7.44. The number of anilines is 1. The molecule has 0 saturated carbocycles. The Bertz CT molecular complexity index is 506. The fourth-order valence-corrected chi connectivity index (χ4v) is 1.71. The van der Waals surface area contributed by atoms with Gasteiger partial charge in [0.25, 0.3) is 0 Å². The number of hydrogen-bond donors (Lipinski definition) is 0. The monoisotopic (exact) mass is 240 g/mol. The molecule has 0 aliphatic heterocycles. The van der Waals surface area contributed by atoms with Gasteiger partial charge in [-0.05, 0) is 6.07 Å². The van der Waals surface area contributed by atoms with Crippen LogP contribution in [0.25, 0.3) is 0 Å². The first-order valence-electron chi connectivity index (χ1n) is 4.54. The number of hydrogen-bond acceptors (Lipinski definition) is 6. The molecule has 0 atom stereocenters. The van der Waals surface area contributed by atoms with Crippen molar-refractivity contribution >= 4 is 15.7 Å². The molecule has 1 rings (SSSR count). The summed E-state index contributed by atoms with van der Waals surface area (Å²) in [5, 5.41) is 16.3. The van der Waals surface area contributed by atoms with Crippen LogP contribution in [0.1, 0.15) is 5.56 Å². The van der Waals surface area contributed by atoms with E-state index < -0.39 is 9.84 Å². The summed E-state index contributed by atoms with van der Waals surface area (Å²) >= 11 is 0. The van der Waals surface area contributed by atoms with E-state index in [9.17, 15) is 8.42 Å². The molecule has 0 radical (unpaired) electrons. The molecule has 0 N–H and O–H groups in total. The number of sulfone groups is 1. The van der Waals surface area contributed by atoms with Crippen LogP contribution in [0.4, 0.5) is 5.82 Å². The maximum Gasteiger partial charge on any atom is 0.168 e. The highest BCUT2D eigenvalue weighted by Gasteiger charge is 2.11. The standard InChI is InChI=1S/C9H12N4O2S/c1-13(5-6-16(2,14)15)9-8(7-10)3-4-11-12-9/h3-4H,5-6H2,1-2H3. The molecule has 0 saturated heterocycles. The molecule has 0 aromatic carbocycles. The van der Waals surface area contributed by atoms with E-state index in [4.69, 9.17) is 5.26 Å². The molecule has 7 heteroatoms. The van der Waals surface area contributed by atoms with E-state index >= 15 is 0 Å². The summed E-state index contributed by atoms with van der Waals surface area (Å²) in [6.07, 6.45) is 2.59. The average Bonchev–Trinajstić information content (AvgIpc) is 2.25. The van der Waals surface area contributed by atoms with Crippen molar-refractivity contribution in [2.24, 2.45) is 0 Å². The summed E-state index contributed by atoms with van der Waals surface area (Å²) in [5.74, 6) is 0.416. The molecular weight excluding hydrogens is 228 g/mol. The summed E-state index contributed by atoms with van der Waals surface area (Å²) < 4.78 is 22.0. The topological polar surface area (TPSA) is 87.0 Å². The van der Waals surface area contributed by atoms with Crippen LogP contribution in [0.15, 0.2) is 12.3 Å². The van der Waals surface area contributed by atoms with Crippen molar-refractivity contribution in [3.05, 3.63) is 17.8 Å². The second kappa shape index (κ2) is 4.90. The van der Waals surface area contributed by atoms with Gasteiger partial charge >= 0.3 is 0 Å². The van der Waals surface area contributed by atoms with Crippen LogP contribution in [-0.2, 0) is 9.84 Å². The van der Waals surface area contributed by atoms with Crippen LogP contribution in [0.2, 0.25) is 0 Å². The van der Waals surface area contributed by atoms with Gasteiger partial charge in [-0.3, -0.25) is 0 Å². The lowest BCUT2D eigenvalue weighted by Gasteiger charge is -2.17. The normalized spacial score (nSPS) is 10.8. The molecule has 86 valence electrons. The van der Waals surface area contributed by atoms with Gasteiger partial charge in [-0.2, -0.15) is 10.4 Å². The van der Waals surface area contributed by atoms with Crippen LogP contribution >= 0.6 is 0 Å². The van der Waals surface area contributed by atoms with Gasteiger partial charge in [0.2, 0.25) is 0 Å². The summed E-state index contributed by atoms with van der Waals surface area (Å²) in [5.41, 5.74) is 0.381. The van der Waals surface area contributed by atoms with E-state index in [0.29, 0.717) is 11.4 Å². The third kappa shape index (κ3) is 3.47. The lowest BCUT2D eigenvalue weighted by molar-refractivity contribution is 0.601. The summed E-state index contributed by atoms with van der Waals surface area (Å²) in [6, 6.07) is 3.52. The van der Waals surface area contributed by atoms with Gasteiger partial charge in [-0.1, -0.05) is 0 Å². The zero-order valence-corrected chi connectivity index (χ0v) is 9.90. The van der Waals surface area contributed by atoms with Gasteiger partial charge in [0.05, 0.1) is 17.5 Å². The lowest BCUT2D eigenvalue weighted by atomic mass is 10.3. The minimum atomic E-state index is -3.02. The van der Waals surface area contributed by atoms with Gasteiger partial charge in [0.15, 0.2) is 5.82 Å². The summed E-state index contributed by atoms with van der Waals surface area (Å²) in [7, 11) is -1.34. The van der Waals surface area contributed by atoms with Crippen molar-refractivity contribution < 1.29 is 8.42 Å². The van der Waals surface area contributed by atoms with Gasteiger partial charge in [-0.25, -0.2) is 8.42 Å². The van der Waals surface area contributed by atoms with Gasteiger partial charge < -0.3 is 4.90 Å². The predicted octanol–water partition coefficient (Wildman–Crippen LogP) is -0.171. The molecule has 0 bridgehead atoms. The van der Waals surface area contributed by atoms with Crippen molar-refractivity contribution in [3.8, 4) is 6.07 Å². The molecular formula is C9H12N4O2S. The Morgan fingerprint density at radius 2 is 2.25 bits per heavy atom. The number of nitrogens with zero attached hydrogens (tertiary/aromatic N) is 4. The Balaban J connectivity index is 2.81. The molecule has 0 amide bonds. The van der Waals surface area contributed by atoms with Crippen LogP contribution in [-0.4, -0.2) is 44.2 Å². The molecule has 1 aromatic heterocycles. The van der Waals surface area contributed by atoms with Crippen molar-refractivity contribution in [3.63, 3.8) is 0 Å². The van der Waals surface area contributed by atoms with Crippen molar-refractivity contribution in [1.82, 2.24) is 10.2 Å². The zero-order valence-electron chi connectivity index (χ0n) is 9.08. The SMILES string of the molecule is CN(CCS(C)(=O)=O)c1nnccc1C#N. The molecule has 0 spiro atoms. The molecule has 16 heavy (non-hydrogen) atoms. The molecule has 0 fully saturated rings. The quantitative estimate of drug-likeness (QED) is 0.726. The van der Waals surface area contributed by atoms with Crippen LogP contribution < -0.4 is 4.90 Å². The van der Waals surface area contributed by atoms with E-state index in [-0.39, 0.29) is 12.3 Å². The van der Waals surface area contributed by atoms with E-state index in [2.05, 4.69) is 10.2 Å². The highest BCUT2D eigenvalue weighted by Crippen LogP contribution is 2.12. The molecule has 1 aromatic rings. The fraction of sp³-hybridized carbons (Fsp3) is 0.444. The minimum absolute atomic E-state index is 0.0188. The summed E-state index contributed by atoms with van der Waals surface area (Å²) in [4.78, 5) is 1.60. The van der Waals surface area contributed by atoms with Crippen molar-refractivity contribution in [2.45, 2.75) is 0 Å². The Kier molecular flexibility index (Phi) is 3.79. The van der Waals surface area contributed by atoms with Gasteiger partial charge in [0.1, 0.15) is 15.9 Å². The second-order valence-electron chi connectivity index (χ2n) is 3.43. The van der Waals surface area contributed by atoms with Crippen LogP contribution in [0, 0.1) is 11.3 Å². The smallest absolute Gasteiger partial charge is 0.168 e. The number of rotatable bonds is 4. The average molecular weight is 240 g/mol. The Hall–Kier alpha value is -1.68. The Morgan fingerprint density at radius 1 is 1.56 bits per heavy atom. The van der Waals surface area contributed by atoms with Crippen molar-refractivity contribution in [2.75, 3.05) is 30.5 Å². The first kappa shape index (κ1) is 12.4. The largest absolute Gasteiger partial charge is 0.356 e. The van der Waals surface area contributed by atoms with Crippen LogP contribution in [0.5, 0.6) is 0 Å². The number of nitriles is 1. The highest BCUT2D eigenvalue weighted by molar-refractivity contribution is 7.90. The fourth-order valence-electron chi connectivity index (χ4n) is 1.10. The molecule has 0 aliphatic rings. The Morgan fingerprint density at radius 3 is 2.81 bits per heavy atom. The van der Waals surface area contributed by atoms with E-state index in [1.165, 1.54) is 12.5 Å². The maximum absolute atomic E-state index is 11.0. The van der Waals surface area contributed by atoms with E-state index in [1.807, 2.05) is 6.07 Å². The Labute approximate surface area is 94.4 Å². The minimum Gasteiger partial charge on any atom is -0.356 e. The predicted molar refractivity (Wildman–Crippen MR) is 59.7 cm³/mol. The highest BCUT2D eigenvalue weighted by atomic mass is 32.2. The molecule has 0 unspecified atom stereocenters. The third-order valence-corrected chi connectivity index (χ3v) is 2.90. The first-order valence-corrected chi connectivity index (χ1v) is 6.61. The van der Waals surface area contributed by atoms with Crippen LogP contribution in [0.3, 0.4) is 0 Å². The molecule has 6 nitrogen and oxygen atoms in total. The maximum atomic E-state index is 11.0. The molecule has 0 aliphatic carbocycles. The van der Waals surface area contributed by atoms with Gasteiger partial charge in [-0.15, -0.1) is 5.10 Å². The number of aromatic nitrogens is 2. The van der Waals surface area contributed by atoms with E-state index in [0.717, 1.165) is 0 Å². The van der Waals surface area contributed by atoms with Gasteiger partial charge in [0, 0.05) is 19.8 Å². The third-order valence-electron chi connectivity index (χ3n) is 1.98. The zero-order chi connectivity index (χ0) is 12.2.